The van der Waals surface area contributed by atoms with E-state index in [0.29, 0.717) is 6.42 Å². The molecule has 0 aliphatic carbocycles. The number of carboxylic acids is 1. The average molecular weight is 280 g/mol. The first kappa shape index (κ1) is 14.7. The minimum Gasteiger partial charge on any atom is -0.479 e. The van der Waals surface area contributed by atoms with Gasteiger partial charge < -0.3 is 20.8 Å². The lowest BCUT2D eigenvalue weighted by Crippen LogP contribution is -2.52. The van der Waals surface area contributed by atoms with Gasteiger partial charge in [-0.2, -0.15) is 0 Å². The number of aliphatic carboxylic acids is 1. The van der Waals surface area contributed by atoms with Crippen molar-refractivity contribution < 1.29 is 28.2 Å². The summed E-state index contributed by atoms with van der Waals surface area (Å²) in [5.41, 5.74) is -0.850. The quantitative estimate of drug-likeness (QED) is 0.485. The molecule has 2 amide bonds. The largest absolute Gasteiger partial charge is 0.479 e. The smallest absolute Gasteiger partial charge is 0.334 e. The summed E-state index contributed by atoms with van der Waals surface area (Å²) in [6.45, 7) is 1.16. The van der Waals surface area contributed by atoms with Crippen LogP contribution in [0.25, 0.3) is 0 Å². The van der Waals surface area contributed by atoms with Crippen molar-refractivity contribution >= 4 is 21.8 Å². The molecule has 4 N–H and O–H groups in total. The number of hydrogen-bond donors (Lipinski definition) is 4. The fraction of sp³-hybridized carbons (Fsp3) is 0.778. The molecule has 2 unspecified atom stereocenters. The molecule has 2 atom stereocenters. The third-order valence-electron chi connectivity index (χ3n) is 2.66. The van der Waals surface area contributed by atoms with Crippen LogP contribution >= 0.6 is 0 Å². The number of carbonyl (C=O) groups is 2. The van der Waals surface area contributed by atoms with Crippen LogP contribution in [0.1, 0.15) is 13.3 Å². The van der Waals surface area contributed by atoms with Gasteiger partial charge in [-0.3, -0.25) is 0 Å². The molecule has 0 bridgehead atoms. The maximum absolute atomic E-state index is 11.4. The van der Waals surface area contributed by atoms with Crippen molar-refractivity contribution in [1.29, 1.82) is 0 Å². The van der Waals surface area contributed by atoms with Gasteiger partial charge in [-0.1, -0.05) is 0 Å². The summed E-state index contributed by atoms with van der Waals surface area (Å²) >= 11 is 0. The number of urea groups is 1. The molecule has 0 radical (unpaired) electrons. The lowest BCUT2D eigenvalue weighted by molar-refractivity contribution is -0.146. The predicted octanol–water partition coefficient (Wildman–Crippen LogP) is -1.69. The molecule has 0 aromatic rings. The summed E-state index contributed by atoms with van der Waals surface area (Å²) in [6.07, 6.45) is -1.37. The number of carbonyl (C=O) groups excluding carboxylic acids is 1. The lowest BCUT2D eigenvalue weighted by Gasteiger charge is -2.24. The molecular weight excluding hydrogens is 264 g/mol. The summed E-state index contributed by atoms with van der Waals surface area (Å²) < 4.78 is 22.6. The second kappa shape index (κ2) is 5.11. The number of hydrogen-bond acceptors (Lipinski definition) is 5. The monoisotopic (exact) mass is 280 g/mol. The highest BCUT2D eigenvalue weighted by Crippen LogP contribution is 2.22. The highest BCUT2D eigenvalue weighted by molar-refractivity contribution is 7.91. The lowest BCUT2D eigenvalue weighted by atomic mass is 10.0. The summed E-state index contributed by atoms with van der Waals surface area (Å²) in [4.78, 5) is 21.7. The molecular formula is C9H16N2O6S. The standard InChI is InChI=1S/C9H16N2O6S/c1-9(2-3-18(16,17)5-9)11-8(15)10-4-6(12)7(13)14/h6,12H,2-5H2,1H3,(H,13,14)(H2,10,11,15). The number of nitrogens with one attached hydrogen (secondary N) is 2. The zero-order chi connectivity index (χ0) is 14.0. The van der Waals surface area contributed by atoms with E-state index in [1.807, 2.05) is 0 Å². The maximum atomic E-state index is 11.4. The number of rotatable bonds is 4. The Morgan fingerprint density at radius 3 is 2.50 bits per heavy atom. The zero-order valence-electron chi connectivity index (χ0n) is 9.84. The van der Waals surface area contributed by atoms with Crippen molar-refractivity contribution in [2.24, 2.45) is 0 Å². The van der Waals surface area contributed by atoms with Gasteiger partial charge in [-0.05, 0) is 13.3 Å². The Kier molecular flexibility index (Phi) is 4.17. The molecule has 0 aromatic heterocycles. The van der Waals surface area contributed by atoms with E-state index in [-0.39, 0.29) is 11.5 Å². The Morgan fingerprint density at radius 2 is 2.06 bits per heavy atom. The Balaban J connectivity index is 2.44. The van der Waals surface area contributed by atoms with E-state index in [1.54, 1.807) is 6.92 Å². The molecule has 9 heteroatoms. The van der Waals surface area contributed by atoms with Crippen LogP contribution < -0.4 is 10.6 Å². The van der Waals surface area contributed by atoms with Gasteiger partial charge in [0.15, 0.2) is 15.9 Å². The molecule has 1 fully saturated rings. The van der Waals surface area contributed by atoms with E-state index in [4.69, 9.17) is 10.2 Å². The van der Waals surface area contributed by atoms with Crippen LogP contribution in [0.4, 0.5) is 4.79 Å². The predicted molar refractivity (Wildman–Crippen MR) is 61.9 cm³/mol. The Labute approximate surface area is 104 Å². The Bertz CT molecular complexity index is 448. The zero-order valence-corrected chi connectivity index (χ0v) is 10.7. The minimum atomic E-state index is -3.13. The number of amides is 2. The molecule has 104 valence electrons. The molecule has 1 rings (SSSR count). The van der Waals surface area contributed by atoms with Crippen molar-refractivity contribution in [2.75, 3.05) is 18.1 Å². The van der Waals surface area contributed by atoms with E-state index in [9.17, 15) is 18.0 Å². The summed E-state index contributed by atoms with van der Waals surface area (Å²) in [6, 6.07) is -0.699. The average Bonchev–Trinajstić information content (AvgIpc) is 2.49. The molecule has 0 spiro atoms. The van der Waals surface area contributed by atoms with Gasteiger partial charge in [0.2, 0.25) is 0 Å². The van der Waals surface area contributed by atoms with E-state index >= 15 is 0 Å². The molecule has 8 nitrogen and oxygen atoms in total. The number of carboxylic acid groups (broad SMARTS) is 1. The van der Waals surface area contributed by atoms with Crippen LogP contribution in [-0.4, -0.2) is 60.3 Å². The molecule has 18 heavy (non-hydrogen) atoms. The van der Waals surface area contributed by atoms with Gasteiger partial charge >= 0.3 is 12.0 Å². The fourth-order valence-corrected chi connectivity index (χ4v) is 3.80. The molecule has 1 heterocycles. The van der Waals surface area contributed by atoms with Crippen LogP contribution in [0.3, 0.4) is 0 Å². The van der Waals surface area contributed by atoms with Crippen LogP contribution in [0.2, 0.25) is 0 Å². The third kappa shape index (κ3) is 4.15. The number of aliphatic hydroxyl groups is 1. The van der Waals surface area contributed by atoms with Gasteiger partial charge in [-0.25, -0.2) is 18.0 Å². The second-order valence-corrected chi connectivity index (χ2v) is 6.78. The van der Waals surface area contributed by atoms with Crippen molar-refractivity contribution in [3.63, 3.8) is 0 Å². The van der Waals surface area contributed by atoms with Crippen LogP contribution in [-0.2, 0) is 14.6 Å². The molecule has 1 aliphatic rings. The van der Waals surface area contributed by atoms with Gasteiger partial charge in [0, 0.05) is 0 Å². The molecule has 1 saturated heterocycles. The highest BCUT2D eigenvalue weighted by atomic mass is 32.2. The Morgan fingerprint density at radius 1 is 1.44 bits per heavy atom. The molecule has 1 aliphatic heterocycles. The first-order chi connectivity index (χ1) is 8.14. The highest BCUT2D eigenvalue weighted by Gasteiger charge is 2.39. The van der Waals surface area contributed by atoms with Crippen molar-refractivity contribution in [1.82, 2.24) is 10.6 Å². The third-order valence-corrected chi connectivity index (χ3v) is 4.56. The van der Waals surface area contributed by atoms with Gasteiger partial charge in [0.1, 0.15) is 0 Å². The van der Waals surface area contributed by atoms with Gasteiger partial charge in [0.25, 0.3) is 0 Å². The van der Waals surface area contributed by atoms with E-state index in [2.05, 4.69) is 10.6 Å². The number of sulfone groups is 1. The summed E-state index contributed by atoms with van der Waals surface area (Å²) in [5.74, 6) is -1.57. The minimum absolute atomic E-state index is 0.0154. The van der Waals surface area contributed by atoms with Crippen LogP contribution in [0, 0.1) is 0 Å². The van der Waals surface area contributed by atoms with Gasteiger partial charge in [-0.15, -0.1) is 0 Å². The van der Waals surface area contributed by atoms with E-state index in [1.165, 1.54) is 0 Å². The first-order valence-electron chi connectivity index (χ1n) is 5.31. The van der Waals surface area contributed by atoms with E-state index < -0.39 is 40.0 Å². The van der Waals surface area contributed by atoms with Crippen molar-refractivity contribution in [3.8, 4) is 0 Å². The van der Waals surface area contributed by atoms with Crippen molar-refractivity contribution in [2.45, 2.75) is 25.0 Å². The Hall–Kier alpha value is -1.35. The maximum Gasteiger partial charge on any atom is 0.334 e. The van der Waals surface area contributed by atoms with E-state index in [0.717, 1.165) is 0 Å². The van der Waals surface area contributed by atoms with Gasteiger partial charge in [0.05, 0.1) is 23.6 Å². The second-order valence-electron chi connectivity index (χ2n) is 4.59. The fourth-order valence-electron chi connectivity index (χ4n) is 1.70. The molecule has 0 aromatic carbocycles. The summed E-state index contributed by atoms with van der Waals surface area (Å²) in [7, 11) is -3.13. The summed E-state index contributed by atoms with van der Waals surface area (Å²) in [5, 5.41) is 22.0. The van der Waals surface area contributed by atoms with Crippen LogP contribution in [0.5, 0.6) is 0 Å². The first-order valence-corrected chi connectivity index (χ1v) is 7.13. The molecule has 0 saturated carbocycles. The normalized spacial score (nSPS) is 27.4. The number of aliphatic hydroxyl groups excluding tert-OH is 1. The van der Waals surface area contributed by atoms with Crippen molar-refractivity contribution in [3.05, 3.63) is 0 Å². The topological polar surface area (TPSA) is 133 Å². The van der Waals surface area contributed by atoms with Crippen LogP contribution in [0.15, 0.2) is 0 Å². The SMILES string of the molecule is CC1(NC(=O)NCC(O)C(=O)O)CCS(=O)(=O)C1.